The number of Topliss-reactive ketones (excluding diaryl/α,β-unsaturated/α-hetero) is 2. The van der Waals surface area contributed by atoms with Gasteiger partial charge in [0.25, 0.3) is 0 Å². The van der Waals surface area contributed by atoms with Gasteiger partial charge in [-0.25, -0.2) is 0 Å². The van der Waals surface area contributed by atoms with Gasteiger partial charge in [-0.05, 0) is 49.9 Å². The van der Waals surface area contributed by atoms with E-state index in [1.807, 2.05) is 19.9 Å². The highest BCUT2D eigenvalue weighted by molar-refractivity contribution is 6.53. The molecule has 3 rings (SSSR count). The van der Waals surface area contributed by atoms with Crippen LogP contribution in [-0.2, 0) is 6.42 Å². The Kier molecular flexibility index (Phi) is 3.28. The lowest BCUT2D eigenvalue weighted by Gasteiger charge is -2.16. The third-order valence-corrected chi connectivity index (χ3v) is 4.22. The minimum absolute atomic E-state index is 0.417. The number of hydrogen-bond acceptors (Lipinski definition) is 3. The predicted octanol–water partition coefficient (Wildman–Crippen LogP) is 4.29. The van der Waals surface area contributed by atoms with Crippen LogP contribution in [0, 0.1) is 13.8 Å². The first-order valence-electron chi connectivity index (χ1n) is 7.35. The molecule has 0 aliphatic heterocycles. The van der Waals surface area contributed by atoms with E-state index in [1.165, 1.54) is 0 Å². The minimum atomic E-state index is -0.430. The van der Waals surface area contributed by atoms with Crippen molar-refractivity contribution in [3.63, 3.8) is 0 Å². The summed E-state index contributed by atoms with van der Waals surface area (Å²) in [7, 11) is 0. The Morgan fingerprint density at radius 2 is 1.67 bits per heavy atom. The van der Waals surface area contributed by atoms with Crippen LogP contribution in [0.4, 0.5) is 0 Å². The fourth-order valence-electron chi connectivity index (χ4n) is 2.82. The molecule has 2 aromatic rings. The Labute approximate surface area is 124 Å². The van der Waals surface area contributed by atoms with Gasteiger partial charge in [0, 0.05) is 16.7 Å². The van der Waals surface area contributed by atoms with Gasteiger partial charge in [-0.3, -0.25) is 9.59 Å². The molecular weight excluding hydrogens is 264 g/mol. The topological polar surface area (TPSA) is 47.3 Å². The zero-order valence-electron chi connectivity index (χ0n) is 12.6. The molecule has 0 fully saturated rings. The second-order valence-electron chi connectivity index (χ2n) is 5.71. The maximum absolute atomic E-state index is 12.4. The average molecular weight is 282 g/mol. The molecule has 1 aliphatic rings. The number of unbranched alkanes of at least 4 members (excludes halogenated alkanes) is 1. The first-order valence-corrected chi connectivity index (χ1v) is 7.35. The van der Waals surface area contributed by atoms with Crippen LogP contribution < -0.4 is 0 Å². The van der Waals surface area contributed by atoms with E-state index >= 15 is 0 Å². The molecule has 3 nitrogen and oxygen atoms in total. The molecule has 1 aromatic heterocycles. The molecule has 0 saturated heterocycles. The van der Waals surface area contributed by atoms with Crippen LogP contribution in [0.1, 0.15) is 57.2 Å². The lowest BCUT2D eigenvalue weighted by atomic mass is 9.84. The molecule has 0 N–H and O–H groups in total. The van der Waals surface area contributed by atoms with Crippen molar-refractivity contribution in [2.24, 2.45) is 0 Å². The van der Waals surface area contributed by atoms with Gasteiger partial charge in [-0.15, -0.1) is 0 Å². The van der Waals surface area contributed by atoms with Gasteiger partial charge in [-0.2, -0.15) is 0 Å². The van der Waals surface area contributed by atoms with E-state index in [-0.39, 0.29) is 0 Å². The largest absolute Gasteiger partial charge is 0.463 e. The van der Waals surface area contributed by atoms with Crippen molar-refractivity contribution in [1.82, 2.24) is 0 Å². The molecule has 1 aliphatic carbocycles. The Balaban J connectivity index is 2.21. The van der Waals surface area contributed by atoms with Crippen molar-refractivity contribution in [3.8, 4) is 11.3 Å². The maximum Gasteiger partial charge on any atom is 0.237 e. The third kappa shape index (κ3) is 2.04. The summed E-state index contributed by atoms with van der Waals surface area (Å²) in [6.07, 6.45) is 4.43. The van der Waals surface area contributed by atoms with Gasteiger partial charge in [0.05, 0.1) is 11.8 Å². The van der Waals surface area contributed by atoms with Gasteiger partial charge >= 0.3 is 0 Å². The van der Waals surface area contributed by atoms with Crippen molar-refractivity contribution < 1.29 is 14.0 Å². The average Bonchev–Trinajstić information content (AvgIpc) is 2.89. The summed E-state index contributed by atoms with van der Waals surface area (Å²) in [6, 6.07) is 3.74. The van der Waals surface area contributed by atoms with Crippen LogP contribution in [-0.4, -0.2) is 11.6 Å². The van der Waals surface area contributed by atoms with Crippen LogP contribution in [0.15, 0.2) is 22.8 Å². The summed E-state index contributed by atoms with van der Waals surface area (Å²) >= 11 is 0. The predicted molar refractivity (Wildman–Crippen MR) is 80.9 cm³/mol. The fraction of sp³-hybridized carbons (Fsp3) is 0.333. The first kappa shape index (κ1) is 13.8. The summed E-state index contributed by atoms with van der Waals surface area (Å²) in [5.41, 5.74) is 4.65. The van der Waals surface area contributed by atoms with Gasteiger partial charge in [0.15, 0.2) is 0 Å². The summed E-state index contributed by atoms with van der Waals surface area (Å²) in [6.45, 7) is 6.04. The zero-order chi connectivity index (χ0) is 15.1. The summed E-state index contributed by atoms with van der Waals surface area (Å²) in [5, 5.41) is 0. The zero-order valence-corrected chi connectivity index (χ0v) is 12.6. The quantitative estimate of drug-likeness (QED) is 0.789. The monoisotopic (exact) mass is 282 g/mol. The Hall–Kier alpha value is -2.16. The SMILES string of the molecule is CCCCc1coc2c1C(=O)C(=O)c1cc(C)c(C)cc1-2. The van der Waals surface area contributed by atoms with Crippen molar-refractivity contribution in [2.45, 2.75) is 40.0 Å². The Morgan fingerprint density at radius 3 is 2.33 bits per heavy atom. The smallest absolute Gasteiger partial charge is 0.237 e. The molecule has 0 spiro atoms. The van der Waals surface area contributed by atoms with Crippen LogP contribution in [0.25, 0.3) is 11.3 Å². The fourth-order valence-corrected chi connectivity index (χ4v) is 2.82. The number of carbonyl (C=O) groups excluding carboxylic acids is 2. The Morgan fingerprint density at radius 1 is 1.00 bits per heavy atom. The molecule has 0 unspecified atom stereocenters. The van der Waals surface area contributed by atoms with E-state index in [4.69, 9.17) is 4.42 Å². The number of carbonyl (C=O) groups is 2. The molecular formula is C18H18O3. The van der Waals surface area contributed by atoms with Crippen molar-refractivity contribution in [1.29, 1.82) is 0 Å². The first-order chi connectivity index (χ1) is 10.0. The van der Waals surface area contributed by atoms with Crippen LogP contribution in [0.2, 0.25) is 0 Å². The highest BCUT2D eigenvalue weighted by Gasteiger charge is 2.35. The van der Waals surface area contributed by atoms with E-state index in [1.54, 1.807) is 12.3 Å². The lowest BCUT2D eigenvalue weighted by Crippen LogP contribution is -2.21. The van der Waals surface area contributed by atoms with Crippen LogP contribution >= 0.6 is 0 Å². The number of aryl methyl sites for hydroxylation is 3. The van der Waals surface area contributed by atoms with Crippen LogP contribution in [0.5, 0.6) is 0 Å². The van der Waals surface area contributed by atoms with E-state index < -0.39 is 11.6 Å². The van der Waals surface area contributed by atoms with E-state index in [0.29, 0.717) is 16.9 Å². The molecule has 0 amide bonds. The maximum atomic E-state index is 12.4. The van der Waals surface area contributed by atoms with Crippen molar-refractivity contribution in [2.75, 3.05) is 0 Å². The highest BCUT2D eigenvalue weighted by Crippen LogP contribution is 2.38. The lowest BCUT2D eigenvalue weighted by molar-refractivity contribution is 0.0814. The summed E-state index contributed by atoms with van der Waals surface area (Å²) in [5.74, 6) is -0.288. The normalized spacial score (nSPS) is 13.3. The van der Waals surface area contributed by atoms with Gasteiger partial charge < -0.3 is 4.42 Å². The summed E-state index contributed by atoms with van der Waals surface area (Å²) < 4.78 is 5.65. The number of hydrogen-bond donors (Lipinski definition) is 0. The van der Waals surface area contributed by atoms with E-state index in [2.05, 4.69) is 6.92 Å². The van der Waals surface area contributed by atoms with Gasteiger partial charge in [0.1, 0.15) is 5.76 Å². The Bertz CT molecular complexity index is 750. The molecule has 21 heavy (non-hydrogen) atoms. The molecule has 1 aromatic carbocycles. The number of fused-ring (bicyclic) bond motifs is 3. The van der Waals surface area contributed by atoms with Crippen molar-refractivity contribution >= 4 is 11.6 Å². The highest BCUT2D eigenvalue weighted by atomic mass is 16.3. The molecule has 1 heterocycles. The molecule has 3 heteroatoms. The molecule has 0 saturated carbocycles. The van der Waals surface area contributed by atoms with Crippen LogP contribution in [0.3, 0.4) is 0 Å². The van der Waals surface area contributed by atoms with Gasteiger partial charge in [-0.1, -0.05) is 13.3 Å². The third-order valence-electron chi connectivity index (χ3n) is 4.22. The minimum Gasteiger partial charge on any atom is -0.463 e. The summed E-state index contributed by atoms with van der Waals surface area (Å²) in [4.78, 5) is 24.8. The molecule has 0 atom stereocenters. The van der Waals surface area contributed by atoms with E-state index in [9.17, 15) is 9.59 Å². The molecule has 108 valence electrons. The second-order valence-corrected chi connectivity index (χ2v) is 5.71. The standard InChI is InChI=1S/C18H18O3/c1-4-5-6-12-9-21-18-14-8-11(3)10(2)7-13(14)16(19)17(20)15(12)18/h7-9H,4-6H2,1-3H3. The second kappa shape index (κ2) is 4.99. The molecule has 0 bridgehead atoms. The van der Waals surface area contributed by atoms with Gasteiger partial charge in [0.2, 0.25) is 11.6 Å². The number of ketones is 2. The van der Waals surface area contributed by atoms with Crippen molar-refractivity contribution in [3.05, 3.63) is 46.2 Å². The number of furan rings is 1. The van der Waals surface area contributed by atoms with E-state index in [0.717, 1.165) is 41.5 Å². The molecule has 0 radical (unpaired) electrons. The number of rotatable bonds is 3. The number of benzene rings is 1.